The van der Waals surface area contributed by atoms with Gasteiger partial charge in [0.25, 0.3) is 0 Å². The Bertz CT molecular complexity index is 564. The van der Waals surface area contributed by atoms with Crippen molar-refractivity contribution in [2.24, 2.45) is 0 Å². The summed E-state index contributed by atoms with van der Waals surface area (Å²) in [5.41, 5.74) is -0.364. The number of alkyl carbamates (subject to hydrolysis) is 1. The number of hydrogen-bond donors (Lipinski definition) is 2. The smallest absolute Gasteiger partial charge is 0.408 e. The molecule has 2 N–H and O–H groups in total. The number of carboxylic acids is 1. The van der Waals surface area contributed by atoms with Crippen LogP contribution in [0.15, 0.2) is 18.2 Å². The van der Waals surface area contributed by atoms with Crippen LogP contribution in [-0.2, 0) is 9.53 Å². The summed E-state index contributed by atoms with van der Waals surface area (Å²) in [6.45, 7) is 7.30. The van der Waals surface area contributed by atoms with Crippen molar-refractivity contribution in [2.75, 3.05) is 13.7 Å². The molecule has 0 aliphatic carbocycles. The van der Waals surface area contributed by atoms with E-state index in [4.69, 9.17) is 14.2 Å². The fourth-order valence-electron chi connectivity index (χ4n) is 1.85. The maximum atomic E-state index is 11.8. The quantitative estimate of drug-likeness (QED) is 0.835. The maximum absolute atomic E-state index is 11.8. The number of carbonyl (C=O) groups is 2. The SMILES string of the molecule is CCOc1cc([C@H](NC(=O)OC(C)(C)C)C(=O)O)ccc1OC. The Morgan fingerprint density at radius 2 is 1.91 bits per heavy atom. The number of carboxylic acid groups (broad SMARTS) is 1. The fraction of sp³-hybridized carbons (Fsp3) is 0.500. The minimum atomic E-state index is -1.25. The number of benzene rings is 1. The van der Waals surface area contributed by atoms with Crippen LogP contribution in [0.3, 0.4) is 0 Å². The van der Waals surface area contributed by atoms with Crippen LogP contribution < -0.4 is 14.8 Å². The van der Waals surface area contributed by atoms with Crippen molar-refractivity contribution in [3.05, 3.63) is 23.8 Å². The summed E-state index contributed by atoms with van der Waals surface area (Å²) in [5.74, 6) is -0.315. The van der Waals surface area contributed by atoms with Crippen molar-refractivity contribution < 1.29 is 28.9 Å². The third-order valence-electron chi connectivity index (χ3n) is 2.73. The zero-order chi connectivity index (χ0) is 17.6. The van der Waals surface area contributed by atoms with E-state index in [0.717, 1.165) is 0 Å². The Labute approximate surface area is 135 Å². The van der Waals surface area contributed by atoms with Crippen molar-refractivity contribution in [3.63, 3.8) is 0 Å². The molecule has 0 saturated heterocycles. The van der Waals surface area contributed by atoms with Crippen molar-refractivity contribution in [1.29, 1.82) is 0 Å². The largest absolute Gasteiger partial charge is 0.493 e. The summed E-state index contributed by atoms with van der Waals surface area (Å²) < 4.78 is 15.7. The molecule has 0 unspecified atom stereocenters. The normalized spacial score (nSPS) is 12.2. The zero-order valence-electron chi connectivity index (χ0n) is 14.0. The number of rotatable bonds is 6. The first kappa shape index (κ1) is 18.6. The van der Waals surface area contributed by atoms with Crippen LogP contribution in [0.25, 0.3) is 0 Å². The minimum absolute atomic E-state index is 0.354. The second kappa shape index (κ2) is 7.71. The summed E-state index contributed by atoms with van der Waals surface area (Å²) in [6, 6.07) is 3.42. The number of nitrogens with one attached hydrogen (secondary N) is 1. The topological polar surface area (TPSA) is 94.1 Å². The molecule has 7 nitrogen and oxygen atoms in total. The molecule has 0 radical (unpaired) electrons. The molecule has 0 aromatic heterocycles. The Hall–Kier alpha value is -2.44. The van der Waals surface area contributed by atoms with Gasteiger partial charge < -0.3 is 24.6 Å². The predicted octanol–water partition coefficient (Wildman–Crippen LogP) is 2.74. The maximum Gasteiger partial charge on any atom is 0.408 e. The highest BCUT2D eigenvalue weighted by Crippen LogP contribution is 2.30. The van der Waals surface area contributed by atoms with Gasteiger partial charge in [-0.05, 0) is 45.4 Å². The van der Waals surface area contributed by atoms with E-state index in [-0.39, 0.29) is 0 Å². The lowest BCUT2D eigenvalue weighted by Crippen LogP contribution is -2.38. The number of amides is 1. The van der Waals surface area contributed by atoms with Crippen LogP contribution >= 0.6 is 0 Å². The predicted molar refractivity (Wildman–Crippen MR) is 83.9 cm³/mol. The molecular weight excluding hydrogens is 302 g/mol. The molecule has 1 atom stereocenters. The van der Waals surface area contributed by atoms with Crippen LogP contribution in [0.5, 0.6) is 11.5 Å². The average molecular weight is 325 g/mol. The van der Waals surface area contributed by atoms with E-state index in [1.54, 1.807) is 39.8 Å². The summed E-state index contributed by atoms with van der Waals surface area (Å²) in [6.07, 6.45) is -0.807. The van der Waals surface area contributed by atoms with Gasteiger partial charge in [0.05, 0.1) is 13.7 Å². The number of hydrogen-bond acceptors (Lipinski definition) is 5. The Morgan fingerprint density at radius 3 is 2.39 bits per heavy atom. The summed E-state index contributed by atoms with van der Waals surface area (Å²) in [7, 11) is 1.49. The molecule has 0 saturated carbocycles. The van der Waals surface area contributed by atoms with Crippen LogP contribution in [0.1, 0.15) is 39.3 Å². The van der Waals surface area contributed by atoms with Gasteiger partial charge >= 0.3 is 12.1 Å². The number of aliphatic carboxylic acids is 1. The second-order valence-corrected chi connectivity index (χ2v) is 5.76. The van der Waals surface area contributed by atoms with Crippen molar-refractivity contribution >= 4 is 12.1 Å². The van der Waals surface area contributed by atoms with E-state index >= 15 is 0 Å². The number of ether oxygens (including phenoxy) is 3. The standard InChI is InChI=1S/C16H23NO6/c1-6-22-12-9-10(7-8-11(12)21-5)13(14(18)19)17-15(20)23-16(2,3)4/h7-9,13H,6H2,1-5H3,(H,17,20)(H,18,19)/t13-/m0/s1. The molecule has 1 aromatic rings. The summed E-state index contributed by atoms with van der Waals surface area (Å²) in [4.78, 5) is 23.3. The molecule has 128 valence electrons. The van der Waals surface area contributed by atoms with E-state index < -0.39 is 23.7 Å². The second-order valence-electron chi connectivity index (χ2n) is 5.76. The van der Waals surface area contributed by atoms with Crippen molar-refractivity contribution in [3.8, 4) is 11.5 Å². The lowest BCUT2D eigenvalue weighted by molar-refractivity contribution is -0.139. The van der Waals surface area contributed by atoms with Crippen LogP contribution in [0, 0.1) is 0 Å². The molecule has 23 heavy (non-hydrogen) atoms. The Kier molecular flexibility index (Phi) is 6.24. The van der Waals surface area contributed by atoms with Gasteiger partial charge in [-0.1, -0.05) is 6.07 Å². The van der Waals surface area contributed by atoms with Gasteiger partial charge in [-0.3, -0.25) is 0 Å². The molecule has 0 heterocycles. The third kappa shape index (κ3) is 5.69. The lowest BCUT2D eigenvalue weighted by atomic mass is 10.1. The third-order valence-corrected chi connectivity index (χ3v) is 2.73. The summed E-state index contributed by atoms with van der Waals surface area (Å²) in [5, 5.41) is 11.7. The van der Waals surface area contributed by atoms with E-state index in [0.29, 0.717) is 23.7 Å². The highest BCUT2D eigenvalue weighted by molar-refractivity contribution is 5.81. The molecule has 0 spiro atoms. The van der Waals surface area contributed by atoms with Gasteiger partial charge in [0, 0.05) is 0 Å². The monoisotopic (exact) mass is 325 g/mol. The summed E-state index contributed by atoms with van der Waals surface area (Å²) >= 11 is 0. The molecule has 0 bridgehead atoms. The lowest BCUT2D eigenvalue weighted by Gasteiger charge is -2.22. The van der Waals surface area contributed by atoms with Crippen molar-refractivity contribution in [1.82, 2.24) is 5.32 Å². The minimum Gasteiger partial charge on any atom is -0.493 e. The molecule has 1 amide bonds. The zero-order valence-corrected chi connectivity index (χ0v) is 14.0. The molecule has 1 aromatic carbocycles. The molecule has 1 rings (SSSR count). The van der Waals surface area contributed by atoms with Gasteiger partial charge in [0.1, 0.15) is 5.60 Å². The highest BCUT2D eigenvalue weighted by Gasteiger charge is 2.26. The van der Waals surface area contributed by atoms with Crippen LogP contribution in [0.4, 0.5) is 4.79 Å². The fourth-order valence-corrected chi connectivity index (χ4v) is 1.85. The number of methoxy groups -OCH3 is 1. The van der Waals surface area contributed by atoms with Gasteiger partial charge in [-0.2, -0.15) is 0 Å². The molecule has 0 aliphatic heterocycles. The van der Waals surface area contributed by atoms with Gasteiger partial charge in [-0.15, -0.1) is 0 Å². The molecular formula is C16H23NO6. The first-order chi connectivity index (χ1) is 10.7. The van der Waals surface area contributed by atoms with Crippen LogP contribution in [-0.4, -0.2) is 36.5 Å². The van der Waals surface area contributed by atoms with E-state index in [9.17, 15) is 14.7 Å². The first-order valence-electron chi connectivity index (χ1n) is 7.21. The highest BCUT2D eigenvalue weighted by atomic mass is 16.6. The first-order valence-corrected chi connectivity index (χ1v) is 7.21. The van der Waals surface area contributed by atoms with Crippen LogP contribution in [0.2, 0.25) is 0 Å². The Balaban J connectivity index is 3.04. The molecule has 0 fully saturated rings. The van der Waals surface area contributed by atoms with Crippen molar-refractivity contribution in [2.45, 2.75) is 39.3 Å². The van der Waals surface area contributed by atoms with Gasteiger partial charge in [0.2, 0.25) is 0 Å². The molecule has 0 aliphatic rings. The van der Waals surface area contributed by atoms with E-state index in [2.05, 4.69) is 5.32 Å². The Morgan fingerprint density at radius 1 is 1.26 bits per heavy atom. The van der Waals surface area contributed by atoms with Gasteiger partial charge in [-0.25, -0.2) is 9.59 Å². The average Bonchev–Trinajstić information content (AvgIpc) is 2.43. The van der Waals surface area contributed by atoms with E-state index in [1.807, 2.05) is 0 Å². The van der Waals surface area contributed by atoms with E-state index in [1.165, 1.54) is 13.2 Å². The van der Waals surface area contributed by atoms with Gasteiger partial charge in [0.15, 0.2) is 17.5 Å². The molecule has 7 heteroatoms. The number of carbonyl (C=O) groups excluding carboxylic acids is 1.